The van der Waals surface area contributed by atoms with Crippen molar-refractivity contribution in [3.63, 3.8) is 0 Å². The fraction of sp³-hybridized carbons (Fsp3) is 0.258. The molecular weight excluding hydrogens is 638 g/mol. The Morgan fingerprint density at radius 3 is 2.11 bits per heavy atom. The highest BCUT2D eigenvalue weighted by Crippen LogP contribution is 2.34. The summed E-state index contributed by atoms with van der Waals surface area (Å²) in [6, 6.07) is 15.3. The van der Waals surface area contributed by atoms with Crippen LogP contribution in [0.3, 0.4) is 0 Å². The number of halogens is 6. The molecule has 8 nitrogen and oxygen atoms in total. The molecule has 2 aliphatic rings. The number of carbonyl (C=O) groups is 1. The highest BCUT2D eigenvalue weighted by molar-refractivity contribution is 7.90. The van der Waals surface area contributed by atoms with Crippen LogP contribution in [0.1, 0.15) is 49.6 Å². The summed E-state index contributed by atoms with van der Waals surface area (Å²) >= 11 is 0. The number of nitrogens with one attached hydrogen (secondary N) is 1. The summed E-state index contributed by atoms with van der Waals surface area (Å²) < 4.78 is 106. The van der Waals surface area contributed by atoms with Crippen molar-refractivity contribution < 1.29 is 44.3 Å². The maximum atomic E-state index is 13.3. The molecule has 0 atom stereocenters. The van der Waals surface area contributed by atoms with E-state index in [2.05, 4.69) is 15.3 Å². The quantitative estimate of drug-likeness (QED) is 0.264. The van der Waals surface area contributed by atoms with Gasteiger partial charge in [-0.25, -0.2) is 8.42 Å². The molecule has 0 unspecified atom stereocenters. The van der Waals surface area contributed by atoms with Crippen molar-refractivity contribution in [3.8, 4) is 5.75 Å². The lowest BCUT2D eigenvalue weighted by atomic mass is 10.1. The van der Waals surface area contributed by atoms with Gasteiger partial charge in [-0.15, -0.1) is 0 Å². The molecule has 2 aliphatic heterocycles. The fourth-order valence-corrected chi connectivity index (χ4v) is 5.47. The molecule has 4 heterocycles. The van der Waals surface area contributed by atoms with Crippen molar-refractivity contribution in [1.82, 2.24) is 20.2 Å². The lowest BCUT2D eigenvalue weighted by Gasteiger charge is -2.18. The van der Waals surface area contributed by atoms with Gasteiger partial charge in [-0.2, -0.15) is 26.3 Å². The first-order valence-electron chi connectivity index (χ1n) is 13.7. The smallest absolute Gasteiger partial charge is 0.417 e. The first-order valence-corrected chi connectivity index (χ1v) is 15.6. The fourth-order valence-electron chi connectivity index (χ4n) is 4.82. The zero-order valence-electron chi connectivity index (χ0n) is 24.1. The van der Waals surface area contributed by atoms with E-state index >= 15 is 0 Å². The Morgan fingerprint density at radius 2 is 1.48 bits per heavy atom. The number of hydrogen-bond acceptors (Lipinski definition) is 7. The van der Waals surface area contributed by atoms with E-state index in [1.54, 1.807) is 0 Å². The van der Waals surface area contributed by atoms with Crippen LogP contribution in [0, 0.1) is 0 Å². The van der Waals surface area contributed by atoms with Crippen LogP contribution in [-0.2, 0) is 55.0 Å². The van der Waals surface area contributed by atoms with E-state index in [-0.39, 0.29) is 35.9 Å². The highest BCUT2D eigenvalue weighted by atomic mass is 32.2. The van der Waals surface area contributed by atoms with Crippen molar-refractivity contribution in [3.05, 3.63) is 118 Å². The standard InChI is InChI=1S/C23H19F3N2O4S.C8H7F3N2/c1-33(30,31)18-7-8-21(32-14-15-5-3-2-4-6-15)19(10-18)22(29)28-12-16-9-17(23(24,25)26)11-27-20(16)13-28;9-8(10,11)6-1-5-2-12-4-7(5)13-3-6/h2-11H,12-14H2,1H3;1,3,12H,2,4H2. The zero-order valence-corrected chi connectivity index (χ0v) is 24.9. The van der Waals surface area contributed by atoms with Crippen LogP contribution in [-0.4, -0.2) is 35.4 Å². The Hall–Kier alpha value is -4.50. The molecule has 242 valence electrons. The van der Waals surface area contributed by atoms with E-state index in [0.29, 0.717) is 35.6 Å². The summed E-state index contributed by atoms with van der Waals surface area (Å²) in [5.41, 5.74) is 1.32. The second-order valence-electron chi connectivity index (χ2n) is 10.6. The number of fused-ring (bicyclic) bond motifs is 2. The Kier molecular flexibility index (Phi) is 9.09. The number of pyridine rings is 2. The molecule has 0 saturated heterocycles. The molecular formula is C31H26F6N4O4S. The van der Waals surface area contributed by atoms with E-state index < -0.39 is 39.2 Å². The van der Waals surface area contributed by atoms with Crippen molar-refractivity contribution >= 4 is 15.7 Å². The van der Waals surface area contributed by atoms with E-state index in [1.807, 2.05) is 30.3 Å². The Morgan fingerprint density at radius 1 is 0.848 bits per heavy atom. The molecule has 2 aromatic carbocycles. The van der Waals surface area contributed by atoms with Crippen LogP contribution >= 0.6 is 0 Å². The van der Waals surface area contributed by atoms with Gasteiger partial charge in [0.2, 0.25) is 0 Å². The van der Waals surface area contributed by atoms with Gasteiger partial charge >= 0.3 is 12.4 Å². The van der Waals surface area contributed by atoms with Crippen LogP contribution in [0.2, 0.25) is 0 Å². The van der Waals surface area contributed by atoms with E-state index in [4.69, 9.17) is 4.74 Å². The Labute approximate surface area is 260 Å². The molecule has 1 N–H and O–H groups in total. The number of benzene rings is 2. The van der Waals surface area contributed by atoms with Gasteiger partial charge < -0.3 is 15.0 Å². The van der Waals surface area contributed by atoms with Crippen LogP contribution in [0.25, 0.3) is 0 Å². The third kappa shape index (κ3) is 7.65. The highest BCUT2D eigenvalue weighted by Gasteiger charge is 2.35. The minimum atomic E-state index is -4.54. The molecule has 4 aromatic rings. The first kappa shape index (κ1) is 32.9. The van der Waals surface area contributed by atoms with E-state index in [1.165, 1.54) is 23.1 Å². The van der Waals surface area contributed by atoms with Gasteiger partial charge in [-0.3, -0.25) is 14.8 Å². The molecule has 15 heteroatoms. The predicted molar refractivity (Wildman–Crippen MR) is 153 cm³/mol. The van der Waals surface area contributed by atoms with Gasteiger partial charge in [0.1, 0.15) is 12.4 Å². The van der Waals surface area contributed by atoms with Gasteiger partial charge in [0.25, 0.3) is 5.91 Å². The molecule has 2 aromatic heterocycles. The van der Waals surface area contributed by atoms with Crippen LogP contribution < -0.4 is 10.1 Å². The third-order valence-corrected chi connectivity index (χ3v) is 8.33. The monoisotopic (exact) mass is 664 g/mol. The average Bonchev–Trinajstić information content (AvgIpc) is 3.65. The minimum Gasteiger partial charge on any atom is -0.488 e. The molecule has 6 rings (SSSR count). The summed E-state index contributed by atoms with van der Waals surface area (Å²) in [5.74, 6) is -0.383. The zero-order chi connectivity index (χ0) is 33.3. The summed E-state index contributed by atoms with van der Waals surface area (Å²) in [6.07, 6.45) is -6.18. The average molecular weight is 665 g/mol. The number of rotatable bonds is 5. The maximum absolute atomic E-state index is 13.3. The molecule has 1 amide bonds. The Balaban J connectivity index is 0.000000266. The van der Waals surface area contributed by atoms with Crippen molar-refractivity contribution in [2.75, 3.05) is 6.26 Å². The summed E-state index contributed by atoms with van der Waals surface area (Å²) in [5, 5.41) is 2.94. The van der Waals surface area contributed by atoms with Crippen LogP contribution in [0.15, 0.2) is 78.0 Å². The second-order valence-corrected chi connectivity index (χ2v) is 12.6. The van der Waals surface area contributed by atoms with Gasteiger partial charge in [-0.05, 0) is 47.0 Å². The van der Waals surface area contributed by atoms with E-state index in [0.717, 1.165) is 36.3 Å². The molecule has 0 fully saturated rings. The number of amides is 1. The number of nitrogens with zero attached hydrogens (tertiary/aromatic N) is 3. The largest absolute Gasteiger partial charge is 0.488 e. The van der Waals surface area contributed by atoms with Crippen LogP contribution in [0.5, 0.6) is 5.75 Å². The maximum Gasteiger partial charge on any atom is 0.417 e. The molecule has 0 spiro atoms. The lowest BCUT2D eigenvalue weighted by Crippen LogP contribution is -2.26. The minimum absolute atomic E-state index is 0.00747. The number of sulfone groups is 1. The molecule has 0 bridgehead atoms. The number of carbonyl (C=O) groups excluding carboxylic acids is 1. The normalized spacial score (nSPS) is 14.3. The van der Waals surface area contributed by atoms with Gasteiger partial charge in [0.05, 0.1) is 39.5 Å². The number of aromatic nitrogens is 2. The van der Waals surface area contributed by atoms with E-state index in [9.17, 15) is 39.6 Å². The van der Waals surface area contributed by atoms with Crippen molar-refractivity contribution in [1.29, 1.82) is 0 Å². The lowest BCUT2D eigenvalue weighted by molar-refractivity contribution is -0.138. The molecule has 0 radical (unpaired) electrons. The second kappa shape index (κ2) is 12.7. The summed E-state index contributed by atoms with van der Waals surface area (Å²) in [4.78, 5) is 22.2. The Bertz CT molecular complexity index is 1870. The van der Waals surface area contributed by atoms with Gasteiger partial charge in [-0.1, -0.05) is 30.3 Å². The molecule has 0 saturated carbocycles. The number of hydrogen-bond donors (Lipinski definition) is 1. The van der Waals surface area contributed by atoms with Crippen molar-refractivity contribution in [2.24, 2.45) is 0 Å². The first-order chi connectivity index (χ1) is 21.6. The number of ether oxygens (including phenoxy) is 1. The van der Waals surface area contributed by atoms with Gasteiger partial charge in [0, 0.05) is 38.3 Å². The summed E-state index contributed by atoms with van der Waals surface area (Å²) in [6.45, 7) is 1.12. The topological polar surface area (TPSA) is 101 Å². The molecule has 46 heavy (non-hydrogen) atoms. The van der Waals surface area contributed by atoms with Gasteiger partial charge in [0.15, 0.2) is 9.84 Å². The van der Waals surface area contributed by atoms with Crippen LogP contribution in [0.4, 0.5) is 26.3 Å². The number of alkyl halides is 6. The third-order valence-electron chi connectivity index (χ3n) is 7.22. The van der Waals surface area contributed by atoms with Crippen molar-refractivity contribution in [2.45, 2.75) is 50.0 Å². The SMILES string of the molecule is CS(=O)(=O)c1ccc(OCc2ccccc2)c(C(=O)N2Cc3cc(C(F)(F)F)cnc3C2)c1.FC(F)(F)c1cnc2c(c1)CNC2. The summed E-state index contributed by atoms with van der Waals surface area (Å²) in [7, 11) is -3.61. The predicted octanol–water partition coefficient (Wildman–Crippen LogP) is 5.94. The molecule has 0 aliphatic carbocycles.